The highest BCUT2D eigenvalue weighted by Gasteiger charge is 2.12. The minimum Gasteiger partial charge on any atom is -0.496 e. The summed E-state index contributed by atoms with van der Waals surface area (Å²) >= 11 is 7.04. The number of hydrogen-bond donors (Lipinski definition) is 4. The Morgan fingerprint density at radius 1 is 1.25 bits per heavy atom. The van der Waals surface area contributed by atoms with Gasteiger partial charge in [-0.3, -0.25) is 30.9 Å². The number of carbonyl (C=O) groups excluding carboxylic acids is 2. The molecule has 0 saturated heterocycles. The molecule has 8 nitrogen and oxygen atoms in total. The van der Waals surface area contributed by atoms with Crippen LogP contribution in [0, 0.1) is 10.5 Å². The van der Waals surface area contributed by atoms with Gasteiger partial charge in [0.05, 0.1) is 10.7 Å². The first-order valence-electron chi connectivity index (χ1n) is 6.68. The Labute approximate surface area is 156 Å². The van der Waals surface area contributed by atoms with Crippen LogP contribution in [0.15, 0.2) is 24.3 Å². The van der Waals surface area contributed by atoms with Gasteiger partial charge in [0.25, 0.3) is 11.8 Å². The second-order valence-electron chi connectivity index (χ2n) is 4.65. The molecule has 4 N–H and O–H groups in total. The fourth-order valence-corrected chi connectivity index (χ4v) is 2.61. The number of hydrogen-bond acceptors (Lipinski definition) is 5. The zero-order valence-electron chi connectivity index (χ0n) is 12.8. The van der Waals surface area contributed by atoms with Gasteiger partial charge in [-0.05, 0) is 66.0 Å². The Balaban J connectivity index is 1.88. The van der Waals surface area contributed by atoms with E-state index in [0.717, 1.165) is 9.26 Å². The number of nitrogens with one attached hydrogen (secondary N) is 4. The van der Waals surface area contributed by atoms with Crippen molar-refractivity contribution >= 4 is 51.7 Å². The van der Waals surface area contributed by atoms with E-state index in [4.69, 9.17) is 17.0 Å². The molecule has 0 aliphatic rings. The molecule has 2 aromatic rings. The van der Waals surface area contributed by atoms with Crippen LogP contribution in [0.4, 0.5) is 0 Å². The summed E-state index contributed by atoms with van der Waals surface area (Å²) in [6.07, 6.45) is 0. The summed E-state index contributed by atoms with van der Waals surface area (Å²) in [5, 5.41) is 8.89. The number of aromatic nitrogens is 2. The molecule has 0 bridgehead atoms. The standard InChI is InChI=1S/C14H14IN5O3S/c1-7-5-10(18-17-7)13(22)19-20-14(24)16-12(21)8-3-4-11(23-2)9(15)6-8/h3-6H,1-2H3,(H,17,18)(H,19,22)(H2,16,20,21,24). The maximum absolute atomic E-state index is 12.1. The lowest BCUT2D eigenvalue weighted by atomic mass is 10.2. The average molecular weight is 459 g/mol. The Bertz CT molecular complexity index is 792. The summed E-state index contributed by atoms with van der Waals surface area (Å²) in [6.45, 7) is 1.78. The summed E-state index contributed by atoms with van der Waals surface area (Å²) in [4.78, 5) is 23.9. The van der Waals surface area contributed by atoms with Gasteiger partial charge in [0, 0.05) is 11.3 Å². The Hall–Kier alpha value is -2.21. The number of nitrogens with zero attached hydrogens (tertiary/aromatic N) is 1. The van der Waals surface area contributed by atoms with Gasteiger partial charge in [-0.2, -0.15) is 5.10 Å². The molecule has 0 saturated carbocycles. The Kier molecular flexibility index (Phi) is 6.09. The normalized spacial score (nSPS) is 9.96. The third kappa shape index (κ3) is 4.64. The fourth-order valence-electron chi connectivity index (χ4n) is 1.73. The van der Waals surface area contributed by atoms with E-state index in [-0.39, 0.29) is 10.8 Å². The van der Waals surface area contributed by atoms with Crippen molar-refractivity contribution in [2.45, 2.75) is 6.92 Å². The molecule has 2 amide bonds. The Morgan fingerprint density at radius 2 is 2.00 bits per heavy atom. The van der Waals surface area contributed by atoms with Crippen LogP contribution in [0.5, 0.6) is 5.75 Å². The lowest BCUT2D eigenvalue weighted by Crippen LogP contribution is -2.48. The van der Waals surface area contributed by atoms with E-state index >= 15 is 0 Å². The molecule has 0 spiro atoms. The molecule has 0 atom stereocenters. The molecule has 0 fully saturated rings. The first kappa shape index (κ1) is 18.1. The van der Waals surface area contributed by atoms with E-state index in [2.05, 4.69) is 49.0 Å². The van der Waals surface area contributed by atoms with Crippen LogP contribution in [0.3, 0.4) is 0 Å². The SMILES string of the molecule is COc1ccc(C(=O)NC(=S)NNC(=O)c2cc(C)[nH]n2)cc1I. The number of ether oxygens (including phenoxy) is 1. The van der Waals surface area contributed by atoms with Gasteiger partial charge in [-0.15, -0.1) is 0 Å². The number of aromatic amines is 1. The van der Waals surface area contributed by atoms with Gasteiger partial charge in [0.15, 0.2) is 10.8 Å². The van der Waals surface area contributed by atoms with Crippen LogP contribution < -0.4 is 20.9 Å². The van der Waals surface area contributed by atoms with E-state index < -0.39 is 11.8 Å². The number of benzene rings is 1. The second kappa shape index (κ2) is 8.06. The van der Waals surface area contributed by atoms with Gasteiger partial charge in [0.1, 0.15) is 5.75 Å². The van der Waals surface area contributed by atoms with Crippen LogP contribution in [0.1, 0.15) is 26.5 Å². The number of H-pyrrole nitrogens is 1. The molecule has 2 rings (SSSR count). The summed E-state index contributed by atoms with van der Waals surface area (Å²) in [5.74, 6) is -0.206. The van der Waals surface area contributed by atoms with Crippen molar-refractivity contribution < 1.29 is 14.3 Å². The predicted molar refractivity (Wildman–Crippen MR) is 99.7 cm³/mol. The van der Waals surface area contributed by atoms with Gasteiger partial charge in [0.2, 0.25) is 0 Å². The maximum atomic E-state index is 12.1. The molecule has 1 aromatic carbocycles. The highest BCUT2D eigenvalue weighted by atomic mass is 127. The number of amides is 2. The van der Waals surface area contributed by atoms with Crippen molar-refractivity contribution in [1.29, 1.82) is 0 Å². The monoisotopic (exact) mass is 459 g/mol. The molecular weight excluding hydrogens is 445 g/mol. The zero-order chi connectivity index (χ0) is 17.7. The third-order valence-corrected chi connectivity index (χ3v) is 3.92. The third-order valence-electron chi connectivity index (χ3n) is 2.87. The number of thiocarbonyl (C=S) groups is 1. The number of hydrazine groups is 1. The number of carbonyl (C=O) groups is 2. The molecule has 1 heterocycles. The molecule has 1 aromatic heterocycles. The lowest BCUT2D eigenvalue weighted by molar-refractivity contribution is 0.0930. The first-order valence-corrected chi connectivity index (χ1v) is 8.16. The van der Waals surface area contributed by atoms with E-state index in [1.54, 1.807) is 38.3 Å². The number of halogens is 1. The highest BCUT2D eigenvalue weighted by molar-refractivity contribution is 14.1. The molecule has 0 unspecified atom stereocenters. The fraction of sp³-hybridized carbons (Fsp3) is 0.143. The summed E-state index contributed by atoms with van der Waals surface area (Å²) < 4.78 is 5.93. The molecular formula is C14H14IN5O3S. The van der Waals surface area contributed by atoms with Crippen LogP contribution in [-0.2, 0) is 0 Å². The largest absolute Gasteiger partial charge is 0.496 e. The zero-order valence-corrected chi connectivity index (χ0v) is 15.7. The number of rotatable bonds is 3. The van der Waals surface area contributed by atoms with E-state index in [9.17, 15) is 9.59 Å². The van der Waals surface area contributed by atoms with Crippen molar-refractivity contribution in [3.05, 3.63) is 44.8 Å². The van der Waals surface area contributed by atoms with E-state index in [1.165, 1.54) is 0 Å². The van der Waals surface area contributed by atoms with Gasteiger partial charge < -0.3 is 4.74 Å². The van der Waals surface area contributed by atoms with Gasteiger partial charge >= 0.3 is 0 Å². The molecule has 0 radical (unpaired) electrons. The summed E-state index contributed by atoms with van der Waals surface area (Å²) in [6, 6.07) is 6.55. The molecule has 0 aliphatic carbocycles. The highest BCUT2D eigenvalue weighted by Crippen LogP contribution is 2.21. The predicted octanol–water partition coefficient (Wildman–Crippen LogP) is 1.28. The topological polar surface area (TPSA) is 108 Å². The summed E-state index contributed by atoms with van der Waals surface area (Å²) in [7, 11) is 1.56. The number of methoxy groups -OCH3 is 1. The maximum Gasteiger partial charge on any atom is 0.290 e. The van der Waals surface area contributed by atoms with Crippen molar-refractivity contribution in [2.75, 3.05) is 7.11 Å². The molecule has 10 heteroatoms. The minimum atomic E-state index is -0.477. The van der Waals surface area contributed by atoms with Crippen molar-refractivity contribution in [3.63, 3.8) is 0 Å². The quantitative estimate of drug-likeness (QED) is 0.313. The minimum absolute atomic E-state index is 0.0357. The second-order valence-corrected chi connectivity index (χ2v) is 6.22. The van der Waals surface area contributed by atoms with Crippen molar-refractivity contribution in [1.82, 2.24) is 26.4 Å². The van der Waals surface area contributed by atoms with Crippen LogP contribution in [0.25, 0.3) is 0 Å². The molecule has 126 valence electrons. The van der Waals surface area contributed by atoms with Crippen molar-refractivity contribution in [2.24, 2.45) is 0 Å². The van der Waals surface area contributed by atoms with Gasteiger partial charge in [-0.1, -0.05) is 0 Å². The molecule has 24 heavy (non-hydrogen) atoms. The van der Waals surface area contributed by atoms with Crippen LogP contribution in [0.2, 0.25) is 0 Å². The lowest BCUT2D eigenvalue weighted by Gasteiger charge is -2.10. The van der Waals surface area contributed by atoms with Crippen LogP contribution >= 0.6 is 34.8 Å². The van der Waals surface area contributed by atoms with Crippen LogP contribution in [-0.4, -0.2) is 34.2 Å². The summed E-state index contributed by atoms with van der Waals surface area (Å²) in [5.41, 5.74) is 6.17. The van der Waals surface area contributed by atoms with E-state index in [0.29, 0.717) is 11.3 Å². The number of aryl methyl sites for hydroxylation is 1. The molecule has 0 aliphatic heterocycles. The smallest absolute Gasteiger partial charge is 0.290 e. The Morgan fingerprint density at radius 3 is 2.58 bits per heavy atom. The van der Waals surface area contributed by atoms with E-state index in [1.807, 2.05) is 0 Å². The first-order chi connectivity index (χ1) is 11.4. The van der Waals surface area contributed by atoms with Crippen molar-refractivity contribution in [3.8, 4) is 5.75 Å². The average Bonchev–Trinajstić information content (AvgIpc) is 2.99. The van der Waals surface area contributed by atoms with Gasteiger partial charge in [-0.25, -0.2) is 0 Å².